The van der Waals surface area contributed by atoms with Gasteiger partial charge in [-0.3, -0.25) is 9.59 Å². The molecule has 2 rings (SSSR count). The van der Waals surface area contributed by atoms with Gasteiger partial charge in [-0.05, 0) is 30.7 Å². The van der Waals surface area contributed by atoms with E-state index in [2.05, 4.69) is 0 Å². The molecule has 0 radical (unpaired) electrons. The van der Waals surface area contributed by atoms with Gasteiger partial charge in [-0.1, -0.05) is 6.07 Å². The van der Waals surface area contributed by atoms with Crippen molar-refractivity contribution in [3.63, 3.8) is 0 Å². The highest BCUT2D eigenvalue weighted by molar-refractivity contribution is 7.10. The summed E-state index contributed by atoms with van der Waals surface area (Å²) in [5, 5.41) is 1.98. The summed E-state index contributed by atoms with van der Waals surface area (Å²) in [6.07, 6.45) is 3.74. The molecule has 104 valence electrons. The molecule has 0 spiro atoms. The Hall–Kier alpha value is -1.36. The Bertz CT molecular complexity index is 430. The van der Waals surface area contributed by atoms with E-state index in [1.807, 2.05) is 22.4 Å². The molecule has 0 saturated carbocycles. The maximum atomic E-state index is 12.3. The van der Waals surface area contributed by atoms with E-state index >= 15 is 0 Å². The first-order valence-corrected chi connectivity index (χ1v) is 7.47. The molecule has 2 heterocycles. The van der Waals surface area contributed by atoms with Gasteiger partial charge in [-0.25, -0.2) is 0 Å². The van der Waals surface area contributed by atoms with Crippen LogP contribution in [-0.2, 0) is 20.7 Å². The Balaban J connectivity index is 1.98. The third kappa shape index (κ3) is 3.80. The Morgan fingerprint density at radius 3 is 3.00 bits per heavy atom. The number of rotatable bonds is 4. The molecule has 0 bridgehead atoms. The van der Waals surface area contributed by atoms with E-state index in [0.29, 0.717) is 12.8 Å². The second-order valence-electron chi connectivity index (χ2n) is 4.77. The monoisotopic (exact) mass is 281 g/mol. The van der Waals surface area contributed by atoms with Crippen LogP contribution >= 0.6 is 11.3 Å². The van der Waals surface area contributed by atoms with Crippen molar-refractivity contribution >= 4 is 23.2 Å². The third-order valence-corrected chi connectivity index (χ3v) is 4.36. The van der Waals surface area contributed by atoms with Gasteiger partial charge < -0.3 is 9.64 Å². The van der Waals surface area contributed by atoms with Crippen LogP contribution in [0.3, 0.4) is 0 Å². The molecule has 1 aliphatic rings. The van der Waals surface area contributed by atoms with Gasteiger partial charge in [-0.2, -0.15) is 0 Å². The zero-order valence-corrected chi connectivity index (χ0v) is 11.9. The van der Waals surface area contributed by atoms with Gasteiger partial charge in [-0.15, -0.1) is 11.3 Å². The lowest BCUT2D eigenvalue weighted by Gasteiger charge is -2.35. The number of methoxy groups -OCH3 is 1. The minimum atomic E-state index is -0.235. The first kappa shape index (κ1) is 14.1. The summed E-state index contributed by atoms with van der Waals surface area (Å²) in [7, 11) is 1.39. The fraction of sp³-hybridized carbons (Fsp3) is 0.571. The van der Waals surface area contributed by atoms with Crippen LogP contribution in [0, 0.1) is 0 Å². The van der Waals surface area contributed by atoms with Gasteiger partial charge in [0.1, 0.15) is 0 Å². The van der Waals surface area contributed by atoms with Crippen LogP contribution in [-0.4, -0.2) is 36.5 Å². The molecule has 1 fully saturated rings. The predicted octanol–water partition coefficient (Wildman–Crippen LogP) is 2.23. The first-order valence-electron chi connectivity index (χ1n) is 6.59. The molecule has 4 nitrogen and oxygen atoms in total. The lowest BCUT2D eigenvalue weighted by atomic mass is 9.99. The van der Waals surface area contributed by atoms with Gasteiger partial charge in [0.15, 0.2) is 0 Å². The van der Waals surface area contributed by atoms with Crippen LogP contribution in [0.25, 0.3) is 0 Å². The lowest BCUT2D eigenvalue weighted by molar-refractivity contribution is -0.144. The standard InChI is InChI=1S/C14H19NO3S/c1-18-14(17)9-11-5-2-3-7-15(11)13(16)10-12-6-4-8-19-12/h4,6,8,11H,2-3,5,7,9-10H2,1H3. The first-order chi connectivity index (χ1) is 9.20. The summed E-state index contributed by atoms with van der Waals surface area (Å²) in [6.45, 7) is 0.756. The van der Waals surface area contributed by atoms with E-state index in [9.17, 15) is 9.59 Å². The normalized spacial score (nSPS) is 19.2. The molecule has 1 amide bonds. The number of hydrogen-bond acceptors (Lipinski definition) is 4. The molecule has 0 N–H and O–H groups in total. The number of hydrogen-bond donors (Lipinski definition) is 0. The largest absolute Gasteiger partial charge is 0.469 e. The number of piperidine rings is 1. The Morgan fingerprint density at radius 2 is 2.32 bits per heavy atom. The quantitative estimate of drug-likeness (QED) is 0.795. The van der Waals surface area contributed by atoms with E-state index in [0.717, 1.165) is 30.7 Å². The van der Waals surface area contributed by atoms with E-state index < -0.39 is 0 Å². The second kappa shape index (κ2) is 6.70. The molecule has 1 atom stereocenters. The van der Waals surface area contributed by atoms with Crippen molar-refractivity contribution in [2.24, 2.45) is 0 Å². The zero-order chi connectivity index (χ0) is 13.7. The van der Waals surface area contributed by atoms with Crippen molar-refractivity contribution in [1.82, 2.24) is 4.90 Å². The maximum Gasteiger partial charge on any atom is 0.307 e. The van der Waals surface area contributed by atoms with Crippen LogP contribution in [0.2, 0.25) is 0 Å². The minimum absolute atomic E-state index is 0.00802. The Morgan fingerprint density at radius 1 is 1.47 bits per heavy atom. The molecule has 1 aromatic heterocycles. The summed E-state index contributed by atoms with van der Waals surface area (Å²) in [5.74, 6) is -0.114. The average molecular weight is 281 g/mol. The molecule has 1 unspecified atom stereocenters. The molecule has 5 heteroatoms. The Labute approximate surface area is 117 Å². The SMILES string of the molecule is COC(=O)CC1CCCCN1C(=O)Cc1cccs1. The third-order valence-electron chi connectivity index (χ3n) is 3.48. The zero-order valence-electron chi connectivity index (χ0n) is 11.1. The van der Waals surface area contributed by atoms with Gasteiger partial charge >= 0.3 is 5.97 Å². The van der Waals surface area contributed by atoms with Gasteiger partial charge in [0, 0.05) is 17.5 Å². The van der Waals surface area contributed by atoms with Crippen molar-refractivity contribution in [1.29, 1.82) is 0 Å². The molecule has 19 heavy (non-hydrogen) atoms. The predicted molar refractivity (Wildman–Crippen MR) is 74.0 cm³/mol. The fourth-order valence-corrected chi connectivity index (χ4v) is 3.18. The van der Waals surface area contributed by atoms with Gasteiger partial charge in [0.25, 0.3) is 0 Å². The highest BCUT2D eigenvalue weighted by Gasteiger charge is 2.28. The van der Waals surface area contributed by atoms with E-state index in [1.54, 1.807) is 11.3 Å². The summed E-state index contributed by atoms with van der Waals surface area (Å²) >= 11 is 1.60. The van der Waals surface area contributed by atoms with Crippen LogP contribution in [0.5, 0.6) is 0 Å². The highest BCUT2D eigenvalue weighted by Crippen LogP contribution is 2.22. The minimum Gasteiger partial charge on any atom is -0.469 e. The average Bonchev–Trinajstić information content (AvgIpc) is 2.92. The number of likely N-dealkylation sites (tertiary alicyclic amines) is 1. The summed E-state index contributed by atoms with van der Waals surface area (Å²) in [6, 6.07) is 3.94. The molecular weight excluding hydrogens is 262 g/mol. The van der Waals surface area contributed by atoms with Crippen molar-refractivity contribution in [2.45, 2.75) is 38.1 Å². The van der Waals surface area contributed by atoms with Crippen molar-refractivity contribution < 1.29 is 14.3 Å². The number of esters is 1. The molecule has 1 aromatic rings. The van der Waals surface area contributed by atoms with Gasteiger partial charge in [0.05, 0.1) is 20.0 Å². The number of carbonyl (C=O) groups is 2. The summed E-state index contributed by atoms with van der Waals surface area (Å²) in [4.78, 5) is 26.7. The van der Waals surface area contributed by atoms with E-state index in [1.165, 1.54) is 7.11 Å². The van der Waals surface area contributed by atoms with Crippen molar-refractivity contribution in [2.75, 3.05) is 13.7 Å². The fourth-order valence-electron chi connectivity index (χ4n) is 2.48. The summed E-state index contributed by atoms with van der Waals surface area (Å²) in [5.41, 5.74) is 0. The number of ether oxygens (including phenoxy) is 1. The number of carbonyl (C=O) groups excluding carboxylic acids is 2. The molecule has 1 saturated heterocycles. The maximum absolute atomic E-state index is 12.3. The number of amides is 1. The highest BCUT2D eigenvalue weighted by atomic mass is 32.1. The molecular formula is C14H19NO3S. The topological polar surface area (TPSA) is 46.6 Å². The van der Waals surface area contributed by atoms with Crippen LogP contribution < -0.4 is 0 Å². The lowest BCUT2D eigenvalue weighted by Crippen LogP contribution is -2.45. The van der Waals surface area contributed by atoms with Crippen LogP contribution in [0.1, 0.15) is 30.6 Å². The second-order valence-corrected chi connectivity index (χ2v) is 5.81. The summed E-state index contributed by atoms with van der Waals surface area (Å²) < 4.78 is 4.71. The number of thiophene rings is 1. The number of nitrogens with zero attached hydrogens (tertiary/aromatic N) is 1. The smallest absolute Gasteiger partial charge is 0.307 e. The molecule has 1 aliphatic heterocycles. The Kier molecular flexibility index (Phi) is 4.96. The van der Waals surface area contributed by atoms with E-state index in [-0.39, 0.29) is 17.9 Å². The van der Waals surface area contributed by atoms with Crippen LogP contribution in [0.4, 0.5) is 0 Å². The molecule has 0 aliphatic carbocycles. The van der Waals surface area contributed by atoms with Gasteiger partial charge in [0.2, 0.25) is 5.91 Å². The van der Waals surface area contributed by atoms with Crippen LogP contribution in [0.15, 0.2) is 17.5 Å². The van der Waals surface area contributed by atoms with E-state index in [4.69, 9.17) is 4.74 Å². The molecule has 0 aromatic carbocycles. The van der Waals surface area contributed by atoms with Crippen molar-refractivity contribution in [3.8, 4) is 0 Å². The van der Waals surface area contributed by atoms with Crippen molar-refractivity contribution in [3.05, 3.63) is 22.4 Å².